The van der Waals surface area contributed by atoms with Gasteiger partial charge in [-0.3, -0.25) is 4.79 Å². The normalized spacial score (nSPS) is 22.4. The average Bonchev–Trinajstić information content (AvgIpc) is 3.75. The third-order valence-corrected chi connectivity index (χ3v) is 8.74. The van der Waals surface area contributed by atoms with Crippen LogP contribution >= 0.6 is 11.6 Å². The predicted molar refractivity (Wildman–Crippen MR) is 151 cm³/mol. The van der Waals surface area contributed by atoms with Gasteiger partial charge < -0.3 is 14.8 Å². The van der Waals surface area contributed by atoms with Gasteiger partial charge in [0.25, 0.3) is 5.92 Å². The lowest BCUT2D eigenvalue weighted by Crippen LogP contribution is -2.25. The topological polar surface area (TPSA) is 73.3 Å². The van der Waals surface area contributed by atoms with Crippen LogP contribution in [0.2, 0.25) is 5.28 Å². The first-order valence-corrected chi connectivity index (χ1v) is 15.3. The molecule has 1 aliphatic heterocycles. The van der Waals surface area contributed by atoms with Crippen molar-refractivity contribution in [2.45, 2.75) is 95.6 Å². The number of halogens is 4. The molecule has 224 valence electrons. The molecule has 2 aliphatic carbocycles. The van der Waals surface area contributed by atoms with Crippen molar-refractivity contribution in [3.05, 3.63) is 51.7 Å². The van der Waals surface area contributed by atoms with E-state index in [-0.39, 0.29) is 28.8 Å². The van der Waals surface area contributed by atoms with Gasteiger partial charge >= 0.3 is 0 Å². The van der Waals surface area contributed by atoms with Crippen LogP contribution in [-0.2, 0) is 33.0 Å². The van der Waals surface area contributed by atoms with Gasteiger partial charge in [0.1, 0.15) is 24.0 Å². The molecular formula is C31H39ClF3N3O3. The minimum Gasteiger partial charge on any atom is -0.381 e. The van der Waals surface area contributed by atoms with Crippen LogP contribution in [0.4, 0.5) is 19.0 Å². The quantitative estimate of drug-likeness (QED) is 0.274. The molecule has 5 rings (SSSR count). The maximum absolute atomic E-state index is 15.4. The highest BCUT2D eigenvalue weighted by Gasteiger charge is 2.38. The molecule has 0 amide bonds. The summed E-state index contributed by atoms with van der Waals surface area (Å²) in [6.07, 6.45) is 8.71. The van der Waals surface area contributed by atoms with Crippen LogP contribution in [-0.4, -0.2) is 41.7 Å². The third kappa shape index (κ3) is 7.79. The lowest BCUT2D eigenvalue weighted by molar-refractivity contribution is -0.124. The van der Waals surface area contributed by atoms with E-state index >= 15 is 4.39 Å². The highest BCUT2D eigenvalue weighted by atomic mass is 35.5. The van der Waals surface area contributed by atoms with E-state index in [4.69, 9.17) is 21.1 Å². The number of fused-ring (bicyclic) bond motifs is 1. The van der Waals surface area contributed by atoms with Gasteiger partial charge in [0.15, 0.2) is 0 Å². The smallest absolute Gasteiger partial charge is 0.298 e. The predicted octanol–water partition coefficient (Wildman–Crippen LogP) is 7.37. The van der Waals surface area contributed by atoms with Crippen molar-refractivity contribution in [1.82, 2.24) is 9.97 Å². The van der Waals surface area contributed by atoms with Gasteiger partial charge in [0, 0.05) is 36.7 Å². The number of hydrogen-bond acceptors (Lipinski definition) is 6. The number of carbonyl (C=O) groups excluding carboxylic acids is 1. The van der Waals surface area contributed by atoms with Crippen LogP contribution < -0.4 is 5.32 Å². The molecule has 1 saturated carbocycles. The molecule has 2 heterocycles. The summed E-state index contributed by atoms with van der Waals surface area (Å²) in [7, 11) is 0. The molecule has 0 bridgehead atoms. The first-order valence-electron chi connectivity index (χ1n) is 14.9. The number of alkyl halides is 2. The number of carbonyl (C=O) groups is 1. The van der Waals surface area contributed by atoms with E-state index in [9.17, 15) is 13.6 Å². The average molecular weight is 594 g/mol. The number of benzene rings is 1. The van der Waals surface area contributed by atoms with Crippen molar-refractivity contribution in [2.75, 3.05) is 25.1 Å². The Balaban J connectivity index is 1.26. The number of nitrogens with one attached hydrogen (secondary N) is 1. The molecule has 6 nitrogen and oxygen atoms in total. The van der Waals surface area contributed by atoms with Crippen molar-refractivity contribution < 1.29 is 27.4 Å². The molecule has 41 heavy (non-hydrogen) atoms. The zero-order valence-corrected chi connectivity index (χ0v) is 24.3. The van der Waals surface area contributed by atoms with Crippen LogP contribution in [0.15, 0.2) is 18.2 Å². The van der Waals surface area contributed by atoms with Gasteiger partial charge in [-0.15, -0.1) is 0 Å². The van der Waals surface area contributed by atoms with Gasteiger partial charge in [-0.2, -0.15) is 8.78 Å². The third-order valence-electron chi connectivity index (χ3n) is 8.57. The Hall–Kier alpha value is -2.23. The maximum Gasteiger partial charge on any atom is 0.298 e. The van der Waals surface area contributed by atoms with Crippen molar-refractivity contribution in [3.63, 3.8) is 0 Å². The summed E-state index contributed by atoms with van der Waals surface area (Å²) in [6, 6.07) is 3.39. The number of anilines is 1. The molecule has 1 saturated heterocycles. The highest BCUT2D eigenvalue weighted by molar-refractivity contribution is 6.28. The SMILES string of the molecule is C[C@@H](Nc1nc(Cl)nc2c1CC(CCC(=O)C1CCCCOCC1)CC2)c1cccc(C(F)(F)COC2CC2)c1F. The number of nitrogens with zero attached hydrogens (tertiary/aromatic N) is 2. The Bertz CT molecular complexity index is 1220. The van der Waals surface area contributed by atoms with E-state index in [1.807, 2.05) is 0 Å². The molecule has 1 aromatic carbocycles. The molecule has 0 spiro atoms. The minimum absolute atomic E-state index is 0.0738. The number of aryl methyl sites for hydroxylation is 1. The van der Waals surface area contributed by atoms with Crippen molar-refractivity contribution in [3.8, 4) is 0 Å². The van der Waals surface area contributed by atoms with Gasteiger partial charge in [0.2, 0.25) is 5.28 Å². The maximum atomic E-state index is 15.4. The van der Waals surface area contributed by atoms with Gasteiger partial charge in [-0.25, -0.2) is 14.4 Å². The Morgan fingerprint density at radius 3 is 2.80 bits per heavy atom. The number of ether oxygens (including phenoxy) is 2. The van der Waals surface area contributed by atoms with E-state index < -0.39 is 30.0 Å². The molecule has 3 aliphatic rings. The monoisotopic (exact) mass is 593 g/mol. The number of hydrogen-bond donors (Lipinski definition) is 1. The van der Waals surface area contributed by atoms with Crippen molar-refractivity contribution >= 4 is 23.2 Å². The number of aromatic nitrogens is 2. The second-order valence-electron chi connectivity index (χ2n) is 11.8. The zero-order chi connectivity index (χ0) is 29.0. The number of Topliss-reactive ketones (excluding diaryl/α,β-unsaturated/α-hetero) is 1. The zero-order valence-electron chi connectivity index (χ0n) is 23.6. The molecule has 3 atom stereocenters. The molecule has 2 unspecified atom stereocenters. The summed E-state index contributed by atoms with van der Waals surface area (Å²) in [4.78, 5) is 21.8. The summed E-state index contributed by atoms with van der Waals surface area (Å²) < 4.78 is 55.9. The number of ketones is 1. The fourth-order valence-corrected chi connectivity index (χ4v) is 6.13. The molecule has 1 aromatic heterocycles. The van der Waals surface area contributed by atoms with Gasteiger partial charge in [0.05, 0.1) is 23.4 Å². The molecular weight excluding hydrogens is 555 g/mol. The Morgan fingerprint density at radius 1 is 1.17 bits per heavy atom. The summed E-state index contributed by atoms with van der Waals surface area (Å²) in [5.41, 5.74) is 1.16. The van der Waals surface area contributed by atoms with Crippen LogP contribution in [0.3, 0.4) is 0 Å². The van der Waals surface area contributed by atoms with E-state index in [0.717, 1.165) is 75.3 Å². The number of rotatable bonds is 11. The molecule has 0 radical (unpaired) electrons. The van der Waals surface area contributed by atoms with Crippen LogP contribution in [0.5, 0.6) is 0 Å². The summed E-state index contributed by atoms with van der Waals surface area (Å²) in [5, 5.41) is 3.30. The van der Waals surface area contributed by atoms with E-state index in [1.165, 1.54) is 12.1 Å². The van der Waals surface area contributed by atoms with Crippen LogP contribution in [0, 0.1) is 17.7 Å². The second-order valence-corrected chi connectivity index (χ2v) is 12.1. The van der Waals surface area contributed by atoms with Gasteiger partial charge in [-0.1, -0.05) is 18.6 Å². The van der Waals surface area contributed by atoms with Crippen molar-refractivity contribution in [2.24, 2.45) is 11.8 Å². The van der Waals surface area contributed by atoms with E-state index in [1.54, 1.807) is 6.92 Å². The summed E-state index contributed by atoms with van der Waals surface area (Å²) in [6.45, 7) is 2.30. The fourth-order valence-electron chi connectivity index (χ4n) is 5.94. The van der Waals surface area contributed by atoms with Crippen LogP contribution in [0.25, 0.3) is 0 Å². The fraction of sp³-hybridized carbons (Fsp3) is 0.645. The summed E-state index contributed by atoms with van der Waals surface area (Å²) >= 11 is 6.24. The first kappa shape index (κ1) is 30.2. The Kier molecular flexibility index (Phi) is 9.87. The van der Waals surface area contributed by atoms with E-state index in [2.05, 4.69) is 15.3 Å². The van der Waals surface area contributed by atoms with Crippen molar-refractivity contribution in [1.29, 1.82) is 0 Å². The second kappa shape index (κ2) is 13.4. The minimum atomic E-state index is -3.44. The van der Waals surface area contributed by atoms with Gasteiger partial charge in [-0.05, 0) is 88.3 Å². The van der Waals surface area contributed by atoms with E-state index in [0.29, 0.717) is 37.5 Å². The Morgan fingerprint density at radius 2 is 2.00 bits per heavy atom. The lowest BCUT2D eigenvalue weighted by atomic mass is 9.82. The molecule has 2 fully saturated rings. The lowest BCUT2D eigenvalue weighted by Gasteiger charge is -2.28. The molecule has 1 N–H and O–H groups in total. The molecule has 2 aromatic rings. The summed E-state index contributed by atoms with van der Waals surface area (Å²) in [5.74, 6) is -3.24. The highest BCUT2D eigenvalue weighted by Crippen LogP contribution is 2.38. The van der Waals surface area contributed by atoms with Crippen LogP contribution in [0.1, 0.15) is 93.1 Å². The molecule has 10 heteroatoms. The Labute approximate surface area is 244 Å². The first-order chi connectivity index (χ1) is 19.7. The largest absolute Gasteiger partial charge is 0.381 e. The standard InChI is InChI=1S/C31H39ClF3N3O3/c1-19(23-6-4-7-25(28(23)33)31(34,35)18-41-22-10-11-22)36-29-24-17-20(8-12-26(24)37-30(32)38-29)9-13-27(39)21-5-2-3-15-40-16-14-21/h4,6-7,19-22H,2-3,5,8-18H2,1H3,(H,36,37,38)/t19-,20?,21?/m1/s1.